The Morgan fingerprint density at radius 2 is 1.79 bits per heavy atom. The summed E-state index contributed by atoms with van der Waals surface area (Å²) >= 11 is 6.26. The number of hydrogen-bond acceptors (Lipinski definition) is 3. The summed E-state index contributed by atoms with van der Waals surface area (Å²) in [4.78, 5) is 12.9. The molecule has 1 saturated carbocycles. The first-order valence-corrected chi connectivity index (χ1v) is 12.0. The van der Waals surface area contributed by atoms with Gasteiger partial charge in [-0.3, -0.25) is 9.10 Å². The predicted octanol–water partition coefficient (Wildman–Crippen LogP) is 4.54. The van der Waals surface area contributed by atoms with Crippen LogP contribution in [0.2, 0.25) is 5.02 Å². The number of amides is 1. The van der Waals surface area contributed by atoms with Gasteiger partial charge in [0.25, 0.3) is 15.9 Å². The lowest BCUT2D eigenvalue weighted by Crippen LogP contribution is -2.37. The molecule has 0 spiro atoms. The Kier molecular flexibility index (Phi) is 5.83. The van der Waals surface area contributed by atoms with Crippen molar-refractivity contribution in [3.05, 3.63) is 58.6 Å². The van der Waals surface area contributed by atoms with E-state index in [1.54, 1.807) is 0 Å². The Bertz CT molecular complexity index is 1020. The molecule has 2 aromatic carbocycles. The average Bonchev–Trinajstić information content (AvgIpc) is 2.74. The summed E-state index contributed by atoms with van der Waals surface area (Å²) in [6.07, 6.45) is 6.91. The van der Waals surface area contributed by atoms with E-state index in [2.05, 4.69) is 5.32 Å². The van der Waals surface area contributed by atoms with Gasteiger partial charge >= 0.3 is 0 Å². The van der Waals surface area contributed by atoms with Gasteiger partial charge in [-0.1, -0.05) is 49.1 Å². The van der Waals surface area contributed by atoms with E-state index in [0.29, 0.717) is 12.2 Å². The van der Waals surface area contributed by atoms with Crippen molar-refractivity contribution in [2.75, 3.05) is 10.8 Å². The van der Waals surface area contributed by atoms with Crippen molar-refractivity contribution in [1.82, 2.24) is 5.32 Å². The highest BCUT2D eigenvalue weighted by Gasteiger charge is 2.30. The third-order valence-electron chi connectivity index (χ3n) is 5.78. The molecule has 2 aromatic rings. The van der Waals surface area contributed by atoms with Gasteiger partial charge in [-0.05, 0) is 55.5 Å². The fourth-order valence-electron chi connectivity index (χ4n) is 4.22. The molecule has 0 bridgehead atoms. The first kappa shape index (κ1) is 20.2. The molecular formula is C22H25ClN2O3S. The number of carbonyl (C=O) groups is 1. The molecule has 1 N–H and O–H groups in total. The van der Waals surface area contributed by atoms with Crippen molar-refractivity contribution < 1.29 is 13.2 Å². The van der Waals surface area contributed by atoms with Crippen LogP contribution in [-0.4, -0.2) is 26.9 Å². The fourth-order valence-corrected chi connectivity index (χ4v) is 6.00. The lowest BCUT2D eigenvalue weighted by atomic mass is 9.95. The molecule has 2 aliphatic rings. The van der Waals surface area contributed by atoms with E-state index in [1.807, 2.05) is 24.3 Å². The molecule has 154 valence electrons. The standard InChI is InChI=1S/C22H25ClN2O3S/c23-20-13-12-18(15-19(20)22(26)24-17-9-2-1-3-10-17)29(27,28)25-14-6-8-16-7-4-5-11-21(16)25/h4-5,7,11-13,15,17H,1-3,6,8-10,14H2,(H,24,26). The molecule has 0 unspecified atom stereocenters. The summed E-state index contributed by atoms with van der Waals surface area (Å²) in [5.74, 6) is -0.307. The SMILES string of the molecule is O=C(NC1CCCCC1)c1cc(S(=O)(=O)N2CCCc3ccccc32)ccc1Cl. The topological polar surface area (TPSA) is 66.5 Å². The minimum atomic E-state index is -3.79. The second kappa shape index (κ2) is 8.36. The number of nitrogens with zero attached hydrogens (tertiary/aromatic N) is 1. The highest BCUT2D eigenvalue weighted by atomic mass is 35.5. The molecule has 1 heterocycles. The highest BCUT2D eigenvalue weighted by molar-refractivity contribution is 7.92. The molecule has 29 heavy (non-hydrogen) atoms. The molecule has 0 aromatic heterocycles. The van der Waals surface area contributed by atoms with Gasteiger partial charge in [0.05, 0.1) is 21.2 Å². The molecule has 5 nitrogen and oxygen atoms in total. The van der Waals surface area contributed by atoms with E-state index in [0.717, 1.165) is 44.1 Å². The zero-order valence-corrected chi connectivity index (χ0v) is 17.8. The number of carbonyl (C=O) groups excluding carboxylic acids is 1. The van der Waals surface area contributed by atoms with E-state index in [1.165, 1.54) is 28.9 Å². The highest BCUT2D eigenvalue weighted by Crippen LogP contribution is 2.33. The van der Waals surface area contributed by atoms with Gasteiger partial charge in [-0.15, -0.1) is 0 Å². The number of halogens is 1. The Balaban J connectivity index is 1.64. The van der Waals surface area contributed by atoms with Crippen LogP contribution in [0, 0.1) is 0 Å². The molecule has 1 amide bonds. The van der Waals surface area contributed by atoms with Crippen molar-refractivity contribution >= 4 is 33.2 Å². The van der Waals surface area contributed by atoms with Crippen LogP contribution in [0.1, 0.15) is 54.4 Å². The zero-order valence-electron chi connectivity index (χ0n) is 16.2. The molecule has 1 aliphatic heterocycles. The second-order valence-corrected chi connectivity index (χ2v) is 10.0. The van der Waals surface area contributed by atoms with Crippen molar-refractivity contribution in [3.8, 4) is 0 Å². The zero-order chi connectivity index (χ0) is 20.4. The number of para-hydroxylation sites is 1. The van der Waals surface area contributed by atoms with Crippen molar-refractivity contribution in [1.29, 1.82) is 0 Å². The normalized spacial score (nSPS) is 17.6. The average molecular weight is 433 g/mol. The number of anilines is 1. The first-order chi connectivity index (χ1) is 14.0. The Morgan fingerprint density at radius 1 is 1.03 bits per heavy atom. The first-order valence-electron chi connectivity index (χ1n) is 10.2. The number of benzene rings is 2. The Labute approximate surface area is 177 Å². The van der Waals surface area contributed by atoms with Crippen LogP contribution in [0.5, 0.6) is 0 Å². The van der Waals surface area contributed by atoms with Crippen molar-refractivity contribution in [3.63, 3.8) is 0 Å². The van der Waals surface area contributed by atoms with Crippen LogP contribution in [0.25, 0.3) is 0 Å². The van der Waals surface area contributed by atoms with E-state index in [4.69, 9.17) is 11.6 Å². The third kappa shape index (κ3) is 4.14. The van der Waals surface area contributed by atoms with Gasteiger partial charge in [0.15, 0.2) is 0 Å². The van der Waals surface area contributed by atoms with Crippen molar-refractivity contribution in [2.24, 2.45) is 0 Å². The van der Waals surface area contributed by atoms with E-state index in [9.17, 15) is 13.2 Å². The van der Waals surface area contributed by atoms with Crippen LogP contribution >= 0.6 is 11.6 Å². The third-order valence-corrected chi connectivity index (χ3v) is 7.92. The summed E-state index contributed by atoms with van der Waals surface area (Å²) in [5.41, 5.74) is 1.94. The quantitative estimate of drug-likeness (QED) is 0.770. The smallest absolute Gasteiger partial charge is 0.264 e. The number of sulfonamides is 1. The Hall–Kier alpha value is -2.05. The number of hydrogen-bond donors (Lipinski definition) is 1. The number of fused-ring (bicyclic) bond motifs is 1. The molecular weight excluding hydrogens is 408 g/mol. The summed E-state index contributed by atoms with van der Waals surface area (Å²) in [5, 5.41) is 3.28. The van der Waals surface area contributed by atoms with E-state index >= 15 is 0 Å². The van der Waals surface area contributed by atoms with Gasteiger partial charge in [-0.2, -0.15) is 0 Å². The maximum atomic E-state index is 13.4. The summed E-state index contributed by atoms with van der Waals surface area (Å²) in [6.45, 7) is 0.422. The second-order valence-electron chi connectivity index (χ2n) is 7.76. The van der Waals surface area contributed by atoms with Gasteiger partial charge in [0.1, 0.15) is 0 Å². The predicted molar refractivity (Wildman–Crippen MR) is 115 cm³/mol. The molecule has 0 radical (unpaired) electrons. The van der Waals surface area contributed by atoms with Crippen LogP contribution in [0.15, 0.2) is 47.4 Å². The maximum Gasteiger partial charge on any atom is 0.264 e. The largest absolute Gasteiger partial charge is 0.349 e. The number of rotatable bonds is 4. The fraction of sp³-hybridized carbons (Fsp3) is 0.409. The lowest BCUT2D eigenvalue weighted by Gasteiger charge is -2.30. The maximum absolute atomic E-state index is 13.4. The number of aryl methyl sites for hydroxylation is 1. The van der Waals surface area contributed by atoms with Crippen molar-refractivity contribution in [2.45, 2.75) is 55.9 Å². The molecule has 0 atom stereocenters. The van der Waals surface area contributed by atoms with Gasteiger partial charge in [0, 0.05) is 12.6 Å². The van der Waals surface area contributed by atoms with Gasteiger partial charge in [-0.25, -0.2) is 8.42 Å². The van der Waals surface area contributed by atoms with Crippen LogP contribution in [0.3, 0.4) is 0 Å². The minimum absolute atomic E-state index is 0.0902. The van der Waals surface area contributed by atoms with Crippen LogP contribution < -0.4 is 9.62 Å². The van der Waals surface area contributed by atoms with Gasteiger partial charge < -0.3 is 5.32 Å². The van der Waals surface area contributed by atoms with Gasteiger partial charge in [0.2, 0.25) is 0 Å². The number of nitrogens with one attached hydrogen (secondary N) is 1. The van der Waals surface area contributed by atoms with E-state index < -0.39 is 10.0 Å². The molecule has 1 aliphatic carbocycles. The lowest BCUT2D eigenvalue weighted by molar-refractivity contribution is 0.0927. The summed E-state index contributed by atoms with van der Waals surface area (Å²) in [6, 6.07) is 12.1. The Morgan fingerprint density at radius 3 is 2.59 bits per heavy atom. The molecule has 0 saturated heterocycles. The summed E-state index contributed by atoms with van der Waals surface area (Å²) < 4.78 is 28.2. The molecule has 4 rings (SSSR count). The summed E-state index contributed by atoms with van der Waals surface area (Å²) in [7, 11) is -3.79. The molecule has 7 heteroatoms. The van der Waals surface area contributed by atoms with Crippen LogP contribution in [0.4, 0.5) is 5.69 Å². The minimum Gasteiger partial charge on any atom is -0.349 e. The monoisotopic (exact) mass is 432 g/mol. The van der Waals surface area contributed by atoms with E-state index in [-0.39, 0.29) is 27.4 Å². The van der Waals surface area contributed by atoms with Crippen LogP contribution in [-0.2, 0) is 16.4 Å². The molecule has 1 fully saturated rings.